The second-order valence-corrected chi connectivity index (χ2v) is 11.8. The van der Waals surface area contributed by atoms with E-state index in [0.717, 1.165) is 32.4 Å². The van der Waals surface area contributed by atoms with E-state index in [1.54, 1.807) is 6.33 Å². The van der Waals surface area contributed by atoms with Crippen LogP contribution in [-0.4, -0.2) is 69.1 Å². The van der Waals surface area contributed by atoms with Crippen LogP contribution >= 0.6 is 0 Å². The molecule has 2 atom stereocenters. The quantitative estimate of drug-likeness (QED) is 0.528. The molecular weight excluding hydrogens is 428 g/mol. The summed E-state index contributed by atoms with van der Waals surface area (Å²) in [7, 11) is 0. The number of rotatable bonds is 8. The van der Waals surface area contributed by atoms with E-state index in [0.29, 0.717) is 36.8 Å². The SMILES string of the molecule is CC(C)CC(C)C(CN1CC(C)(C)NC(C)(C)C1=O)Nc1ncnc(N2CCCCCCN2)n1. The Hall–Kier alpha value is -2.00. The molecule has 0 radical (unpaired) electrons. The van der Waals surface area contributed by atoms with Gasteiger partial charge in [0.05, 0.1) is 5.54 Å². The van der Waals surface area contributed by atoms with Crippen LogP contribution in [0.3, 0.4) is 0 Å². The predicted octanol–water partition coefficient (Wildman–Crippen LogP) is 3.21. The molecule has 34 heavy (non-hydrogen) atoms. The topological polar surface area (TPSA) is 98.3 Å². The van der Waals surface area contributed by atoms with E-state index in [1.807, 2.05) is 23.8 Å². The van der Waals surface area contributed by atoms with Gasteiger partial charge in [-0.1, -0.05) is 33.6 Å². The molecule has 1 aromatic rings. The van der Waals surface area contributed by atoms with E-state index in [1.165, 1.54) is 12.8 Å². The normalized spacial score (nSPS) is 22.8. The highest BCUT2D eigenvalue weighted by molar-refractivity contribution is 5.86. The Kier molecular flexibility index (Phi) is 8.73. The van der Waals surface area contributed by atoms with E-state index in [-0.39, 0.29) is 17.5 Å². The first kappa shape index (κ1) is 26.6. The fourth-order valence-corrected chi connectivity index (χ4v) is 5.41. The minimum atomic E-state index is -0.592. The van der Waals surface area contributed by atoms with Crippen LogP contribution < -0.4 is 21.1 Å². The first-order chi connectivity index (χ1) is 16.0. The second kappa shape index (κ2) is 11.2. The summed E-state index contributed by atoms with van der Waals surface area (Å²) in [4.78, 5) is 28.9. The Morgan fingerprint density at radius 3 is 2.56 bits per heavy atom. The van der Waals surface area contributed by atoms with Gasteiger partial charge in [0.15, 0.2) is 0 Å². The first-order valence-electron chi connectivity index (χ1n) is 13.0. The zero-order valence-electron chi connectivity index (χ0n) is 22.3. The number of aromatic nitrogens is 3. The average Bonchev–Trinajstić information content (AvgIpc) is 2.69. The van der Waals surface area contributed by atoms with Crippen LogP contribution in [0.25, 0.3) is 0 Å². The molecule has 192 valence electrons. The van der Waals surface area contributed by atoms with Gasteiger partial charge < -0.3 is 10.2 Å². The maximum absolute atomic E-state index is 13.3. The van der Waals surface area contributed by atoms with Crippen molar-refractivity contribution < 1.29 is 4.79 Å². The molecule has 2 fully saturated rings. The summed E-state index contributed by atoms with van der Waals surface area (Å²) in [5.41, 5.74) is 2.71. The Balaban J connectivity index is 1.79. The van der Waals surface area contributed by atoms with Gasteiger partial charge >= 0.3 is 0 Å². The molecule has 9 heteroatoms. The van der Waals surface area contributed by atoms with Gasteiger partial charge in [-0.05, 0) is 58.8 Å². The molecule has 3 rings (SSSR count). The third-order valence-corrected chi connectivity index (χ3v) is 6.73. The van der Waals surface area contributed by atoms with Crippen LogP contribution in [-0.2, 0) is 4.79 Å². The number of carbonyl (C=O) groups is 1. The molecule has 2 unspecified atom stereocenters. The van der Waals surface area contributed by atoms with Gasteiger partial charge in [0, 0.05) is 37.8 Å². The maximum atomic E-state index is 13.3. The molecule has 0 bridgehead atoms. The zero-order valence-corrected chi connectivity index (χ0v) is 22.3. The molecular formula is C25H46N8O. The number of carbonyl (C=O) groups excluding carboxylic acids is 1. The van der Waals surface area contributed by atoms with Gasteiger partial charge in [-0.15, -0.1) is 0 Å². The van der Waals surface area contributed by atoms with Gasteiger partial charge in [0.1, 0.15) is 6.33 Å². The van der Waals surface area contributed by atoms with Crippen LogP contribution in [0.15, 0.2) is 6.33 Å². The van der Waals surface area contributed by atoms with Crippen LogP contribution in [0.5, 0.6) is 0 Å². The highest BCUT2D eigenvalue weighted by Gasteiger charge is 2.44. The van der Waals surface area contributed by atoms with Gasteiger partial charge in [-0.3, -0.25) is 15.1 Å². The number of nitrogens with zero attached hydrogens (tertiary/aromatic N) is 5. The molecule has 3 N–H and O–H groups in total. The Bertz CT molecular complexity index is 804. The number of hydrogen-bond acceptors (Lipinski definition) is 8. The van der Waals surface area contributed by atoms with E-state index >= 15 is 0 Å². The lowest BCUT2D eigenvalue weighted by molar-refractivity contribution is -0.143. The van der Waals surface area contributed by atoms with Crippen molar-refractivity contribution >= 4 is 17.8 Å². The first-order valence-corrected chi connectivity index (χ1v) is 13.0. The van der Waals surface area contributed by atoms with Gasteiger partial charge in [0.25, 0.3) is 0 Å². The monoisotopic (exact) mass is 474 g/mol. The lowest BCUT2D eigenvalue weighted by Crippen LogP contribution is -2.70. The van der Waals surface area contributed by atoms with Crippen molar-refractivity contribution in [3.63, 3.8) is 0 Å². The second-order valence-electron chi connectivity index (χ2n) is 11.8. The van der Waals surface area contributed by atoms with Gasteiger partial charge in [-0.25, -0.2) is 10.4 Å². The highest BCUT2D eigenvalue weighted by atomic mass is 16.2. The van der Waals surface area contributed by atoms with Gasteiger partial charge in [0.2, 0.25) is 17.8 Å². The third-order valence-electron chi connectivity index (χ3n) is 6.73. The summed E-state index contributed by atoms with van der Waals surface area (Å²) in [6.07, 6.45) is 7.40. The van der Waals surface area contributed by atoms with Crippen LogP contribution in [0, 0.1) is 11.8 Å². The van der Waals surface area contributed by atoms with Crippen molar-refractivity contribution in [2.75, 3.05) is 36.5 Å². The molecule has 0 spiro atoms. The summed E-state index contributed by atoms with van der Waals surface area (Å²) in [6.45, 7) is 18.1. The summed E-state index contributed by atoms with van der Waals surface area (Å²) in [5, 5.41) is 9.12. The molecule has 0 saturated carbocycles. The van der Waals surface area contributed by atoms with Crippen LogP contribution in [0.1, 0.15) is 80.6 Å². The summed E-state index contributed by atoms with van der Waals surface area (Å²) >= 11 is 0. The average molecular weight is 475 g/mol. The van der Waals surface area contributed by atoms with E-state index in [9.17, 15) is 4.79 Å². The van der Waals surface area contributed by atoms with Crippen molar-refractivity contribution in [3.8, 4) is 0 Å². The maximum Gasteiger partial charge on any atom is 0.244 e. The Morgan fingerprint density at radius 2 is 1.82 bits per heavy atom. The standard InChI is InChI=1S/C25H46N8O/c1-18(2)14-19(3)20(15-32-16-24(4,5)31-25(6,7)21(32)34)29-22-26-17-27-23(30-22)33-13-11-9-8-10-12-28-33/h17-20,28,31H,8-16H2,1-7H3,(H,26,27,29,30). The summed E-state index contributed by atoms with van der Waals surface area (Å²) in [6, 6.07) is 0.0339. The molecule has 2 aliphatic heterocycles. The lowest BCUT2D eigenvalue weighted by atomic mass is 9.88. The smallest absolute Gasteiger partial charge is 0.244 e. The number of amides is 1. The van der Waals surface area contributed by atoms with E-state index < -0.39 is 5.54 Å². The lowest BCUT2D eigenvalue weighted by Gasteiger charge is -2.48. The zero-order chi connectivity index (χ0) is 24.9. The van der Waals surface area contributed by atoms with E-state index in [4.69, 9.17) is 4.98 Å². The van der Waals surface area contributed by atoms with Gasteiger partial charge in [-0.2, -0.15) is 9.97 Å². The predicted molar refractivity (Wildman–Crippen MR) is 138 cm³/mol. The van der Waals surface area contributed by atoms with Crippen LogP contribution in [0.2, 0.25) is 0 Å². The molecule has 1 aromatic heterocycles. The van der Waals surface area contributed by atoms with Crippen molar-refractivity contribution in [2.24, 2.45) is 11.8 Å². The van der Waals surface area contributed by atoms with Crippen molar-refractivity contribution in [2.45, 2.75) is 97.7 Å². The molecule has 2 saturated heterocycles. The van der Waals surface area contributed by atoms with Crippen molar-refractivity contribution in [3.05, 3.63) is 6.33 Å². The molecule has 2 aliphatic rings. The van der Waals surface area contributed by atoms with Crippen molar-refractivity contribution in [1.29, 1.82) is 0 Å². The molecule has 9 nitrogen and oxygen atoms in total. The number of hydrogen-bond donors (Lipinski definition) is 3. The van der Waals surface area contributed by atoms with Crippen LogP contribution in [0.4, 0.5) is 11.9 Å². The number of nitrogens with one attached hydrogen (secondary N) is 3. The summed E-state index contributed by atoms with van der Waals surface area (Å²) in [5.74, 6) is 2.25. The third kappa shape index (κ3) is 7.25. The van der Waals surface area contributed by atoms with E-state index in [2.05, 4.69) is 60.6 Å². The number of piperazine rings is 1. The minimum Gasteiger partial charge on any atom is -0.349 e. The fraction of sp³-hybridized carbons (Fsp3) is 0.840. The molecule has 0 aromatic carbocycles. The molecule has 0 aliphatic carbocycles. The van der Waals surface area contributed by atoms with Crippen molar-refractivity contribution in [1.82, 2.24) is 30.6 Å². The Morgan fingerprint density at radius 1 is 1.09 bits per heavy atom. The number of anilines is 2. The highest BCUT2D eigenvalue weighted by Crippen LogP contribution is 2.25. The minimum absolute atomic E-state index is 0.0339. The summed E-state index contributed by atoms with van der Waals surface area (Å²) < 4.78 is 0. The largest absolute Gasteiger partial charge is 0.349 e. The number of hydrazine groups is 1. The molecule has 3 heterocycles. The molecule has 1 amide bonds. The Labute approximate surface area is 205 Å². The fourth-order valence-electron chi connectivity index (χ4n) is 5.41.